The number of hydrogen-bond acceptors (Lipinski definition) is 5. The molecule has 0 aromatic carbocycles. The average molecular weight is 447 g/mol. The van der Waals surface area contributed by atoms with Gasteiger partial charge in [0, 0.05) is 55.6 Å². The fourth-order valence-corrected chi connectivity index (χ4v) is 6.65. The van der Waals surface area contributed by atoms with Gasteiger partial charge in [-0.1, -0.05) is 36.7 Å². The average Bonchev–Trinajstić information content (AvgIpc) is 3.41. The lowest BCUT2D eigenvalue weighted by molar-refractivity contribution is 0.352. The molecule has 5 unspecified atom stereocenters. The van der Waals surface area contributed by atoms with E-state index >= 15 is 0 Å². The molecule has 174 valence electrons. The Hall–Kier alpha value is -1.31. The highest BCUT2D eigenvalue weighted by Gasteiger charge is 2.28. The summed E-state index contributed by atoms with van der Waals surface area (Å²) in [5, 5.41) is 15.2. The first-order valence-electron chi connectivity index (χ1n) is 12.4. The van der Waals surface area contributed by atoms with Crippen LogP contribution in [0.1, 0.15) is 82.2 Å². The molecule has 2 fully saturated rings. The molecule has 1 aliphatic carbocycles. The van der Waals surface area contributed by atoms with Crippen molar-refractivity contribution in [2.45, 2.75) is 82.6 Å². The lowest BCUT2D eigenvalue weighted by atomic mass is 9.98. The highest BCUT2D eigenvalue weighted by atomic mass is 32.2. The van der Waals surface area contributed by atoms with Gasteiger partial charge in [0.25, 0.3) is 0 Å². The van der Waals surface area contributed by atoms with Crippen LogP contribution in [0.5, 0.6) is 0 Å². The Morgan fingerprint density at radius 1 is 1.03 bits per heavy atom. The van der Waals surface area contributed by atoms with Gasteiger partial charge in [0.05, 0.1) is 0 Å². The lowest BCUT2D eigenvalue weighted by Gasteiger charge is -2.34. The Balaban J connectivity index is 1.37. The van der Waals surface area contributed by atoms with Gasteiger partial charge in [-0.05, 0) is 63.2 Å². The number of rotatable bonds is 0. The van der Waals surface area contributed by atoms with Gasteiger partial charge in [0.1, 0.15) is 5.82 Å². The third-order valence-corrected chi connectivity index (χ3v) is 8.65. The normalized spacial score (nSPS) is 34.1. The molecule has 5 atom stereocenters. The van der Waals surface area contributed by atoms with E-state index in [-0.39, 0.29) is 10.9 Å². The van der Waals surface area contributed by atoms with E-state index in [0.29, 0.717) is 12.0 Å². The highest BCUT2D eigenvalue weighted by Crippen LogP contribution is 2.40. The largest absolute Gasteiger partial charge is 0.389 e. The predicted molar refractivity (Wildman–Crippen MR) is 134 cm³/mol. The zero-order chi connectivity index (χ0) is 21.5. The van der Waals surface area contributed by atoms with E-state index in [9.17, 15) is 0 Å². The maximum atomic E-state index is 4.61. The summed E-state index contributed by atoms with van der Waals surface area (Å²) >= 11 is 0. The van der Waals surface area contributed by atoms with Crippen molar-refractivity contribution in [3.05, 3.63) is 24.0 Å². The second-order valence-electron chi connectivity index (χ2n) is 9.72. The Kier molecular flexibility index (Phi) is 8.50. The molecule has 1 aromatic heterocycles. The zero-order valence-corrected chi connectivity index (χ0v) is 19.9. The molecule has 6 nitrogen and oxygen atoms in total. The monoisotopic (exact) mass is 446 g/mol. The Bertz CT molecular complexity index is 731. The summed E-state index contributed by atoms with van der Waals surface area (Å²) in [5.41, 5.74) is 2.53. The minimum absolute atomic E-state index is 0.0971. The van der Waals surface area contributed by atoms with Gasteiger partial charge >= 0.3 is 0 Å². The molecular weight excluding hydrogens is 404 g/mol. The Labute approximate surface area is 191 Å². The van der Waals surface area contributed by atoms with E-state index in [2.05, 4.69) is 48.4 Å². The summed E-state index contributed by atoms with van der Waals surface area (Å²) in [5.74, 6) is 6.78. The molecule has 7 heteroatoms. The van der Waals surface area contributed by atoms with Crippen LogP contribution in [0.2, 0.25) is 0 Å². The van der Waals surface area contributed by atoms with E-state index < -0.39 is 0 Å². The molecule has 1 saturated heterocycles. The van der Waals surface area contributed by atoms with Crippen molar-refractivity contribution >= 4 is 22.5 Å². The summed E-state index contributed by atoms with van der Waals surface area (Å²) in [7, 11) is -0.0971. The summed E-state index contributed by atoms with van der Waals surface area (Å²) in [6.07, 6.45) is 13.8. The van der Waals surface area contributed by atoms with Crippen molar-refractivity contribution in [1.82, 2.24) is 24.5 Å². The number of aromatic amines is 1. The lowest BCUT2D eigenvalue weighted by Crippen LogP contribution is -2.41. The van der Waals surface area contributed by atoms with Gasteiger partial charge in [-0.3, -0.25) is 9.82 Å². The van der Waals surface area contributed by atoms with Crippen LogP contribution in [0.25, 0.3) is 0 Å². The molecule has 4 N–H and O–H groups in total. The summed E-state index contributed by atoms with van der Waals surface area (Å²) in [6, 6.07) is 2.71. The van der Waals surface area contributed by atoms with Crippen LogP contribution >= 0.6 is 10.9 Å². The number of piperidine rings is 1. The van der Waals surface area contributed by atoms with Crippen molar-refractivity contribution in [1.29, 1.82) is 0 Å². The summed E-state index contributed by atoms with van der Waals surface area (Å²) < 4.78 is 6.18. The van der Waals surface area contributed by atoms with Crippen LogP contribution in [0.15, 0.2) is 18.3 Å². The molecule has 0 radical (unpaired) electrons. The van der Waals surface area contributed by atoms with Crippen molar-refractivity contribution < 1.29 is 0 Å². The summed E-state index contributed by atoms with van der Waals surface area (Å²) in [6.45, 7) is 8.63. The van der Waals surface area contributed by atoms with E-state index in [1.807, 2.05) is 0 Å². The molecule has 4 rings (SSSR count). The quantitative estimate of drug-likeness (QED) is 0.433. The Morgan fingerprint density at radius 3 is 2.77 bits per heavy atom. The van der Waals surface area contributed by atoms with Gasteiger partial charge in [0.15, 0.2) is 0 Å². The maximum absolute atomic E-state index is 4.61. The number of nitrogens with zero attached hydrogens (tertiary/aromatic N) is 2. The molecular formula is C24H42N6S. The fraction of sp³-hybridized carbons (Fsp3) is 0.750. The van der Waals surface area contributed by atoms with Crippen LogP contribution in [-0.4, -0.2) is 52.6 Å². The molecule has 1 saturated carbocycles. The first kappa shape index (κ1) is 22.9. The third-order valence-electron chi connectivity index (χ3n) is 7.16. The van der Waals surface area contributed by atoms with Crippen molar-refractivity contribution in [3.8, 4) is 0 Å². The van der Waals surface area contributed by atoms with Crippen molar-refractivity contribution in [2.24, 2.45) is 5.92 Å². The van der Waals surface area contributed by atoms with Crippen LogP contribution in [0.3, 0.4) is 0 Å². The van der Waals surface area contributed by atoms with Gasteiger partial charge in [-0.15, -0.1) is 0 Å². The maximum Gasteiger partial charge on any atom is 0.148 e. The van der Waals surface area contributed by atoms with Gasteiger partial charge < -0.3 is 10.6 Å². The second-order valence-corrected chi connectivity index (χ2v) is 11.3. The first-order chi connectivity index (χ1) is 15.2. The second kappa shape index (κ2) is 11.5. The van der Waals surface area contributed by atoms with E-state index in [1.165, 1.54) is 75.6 Å². The van der Waals surface area contributed by atoms with E-state index in [0.717, 1.165) is 44.3 Å². The number of aromatic nitrogens is 2. The SMILES string of the molecule is C=C1CC2CCC(C2)c2cc(n[nH]2)NC2CCCN(C2)S(=C)NCCCCCCCN1. The minimum Gasteiger partial charge on any atom is -0.389 e. The number of hydrogen-bond donors (Lipinski definition) is 4. The third kappa shape index (κ3) is 6.83. The number of fused-ring (bicyclic) bond motifs is 7. The molecule has 2 aliphatic heterocycles. The smallest absolute Gasteiger partial charge is 0.148 e. The molecule has 0 amide bonds. The van der Waals surface area contributed by atoms with Crippen LogP contribution < -0.4 is 15.4 Å². The van der Waals surface area contributed by atoms with E-state index in [1.54, 1.807) is 0 Å². The van der Waals surface area contributed by atoms with Gasteiger partial charge in [-0.2, -0.15) is 5.10 Å². The van der Waals surface area contributed by atoms with Crippen LogP contribution in [0.4, 0.5) is 5.82 Å². The number of anilines is 1. The van der Waals surface area contributed by atoms with Crippen molar-refractivity contribution in [2.75, 3.05) is 31.5 Å². The van der Waals surface area contributed by atoms with Crippen molar-refractivity contribution in [3.63, 3.8) is 0 Å². The summed E-state index contributed by atoms with van der Waals surface area (Å²) in [4.78, 5) is 0. The minimum atomic E-state index is -0.0971. The molecule has 3 heterocycles. The van der Waals surface area contributed by atoms with Crippen LogP contribution in [0, 0.1) is 5.92 Å². The standard InChI is InChI=1S/C24H42N6S/c1-19-15-20-10-11-21(16-20)23-17-24(29-28-23)27-22-9-8-14-30(18-22)31(2)26-13-7-5-3-4-6-12-25-19/h17,20-22,25-26H,1-16,18H2,(H2,27,28,29). The first-order valence-corrected chi connectivity index (χ1v) is 13.8. The number of nitrogens with one attached hydrogen (secondary N) is 4. The molecule has 0 spiro atoms. The predicted octanol–water partition coefficient (Wildman–Crippen LogP) is 4.75. The van der Waals surface area contributed by atoms with Gasteiger partial charge in [-0.25, -0.2) is 4.31 Å². The fourth-order valence-electron chi connectivity index (χ4n) is 5.38. The molecule has 6 bridgehead atoms. The molecule has 3 aliphatic rings. The highest BCUT2D eigenvalue weighted by molar-refractivity contribution is 8.10. The molecule has 1 aromatic rings. The van der Waals surface area contributed by atoms with E-state index in [4.69, 9.17) is 0 Å². The topological polar surface area (TPSA) is 68.0 Å². The zero-order valence-electron chi connectivity index (χ0n) is 19.1. The number of H-pyrrole nitrogens is 1. The number of allylic oxidation sites excluding steroid dienone is 1. The van der Waals surface area contributed by atoms with Crippen LogP contribution in [-0.2, 0) is 0 Å². The Morgan fingerprint density at radius 2 is 1.87 bits per heavy atom. The molecule has 31 heavy (non-hydrogen) atoms. The van der Waals surface area contributed by atoms with Gasteiger partial charge in [0.2, 0.25) is 0 Å².